The van der Waals surface area contributed by atoms with Gasteiger partial charge in [-0.15, -0.1) is 0 Å². The molecule has 7 heteroatoms. The topological polar surface area (TPSA) is 58.1 Å². The lowest BCUT2D eigenvalue weighted by Gasteiger charge is -2.38. The molecule has 0 saturated heterocycles. The molecule has 0 aromatic heterocycles. The number of hydrogen-bond acceptors (Lipinski definition) is 5. The molecule has 2 aromatic carbocycles. The fourth-order valence-electron chi connectivity index (χ4n) is 4.12. The van der Waals surface area contributed by atoms with Crippen molar-refractivity contribution in [2.75, 3.05) is 26.1 Å². The van der Waals surface area contributed by atoms with Gasteiger partial charge in [0, 0.05) is 17.8 Å². The zero-order valence-corrected chi connectivity index (χ0v) is 18.2. The van der Waals surface area contributed by atoms with Crippen molar-refractivity contribution in [1.29, 1.82) is 0 Å². The number of rotatable bonds is 4. The summed E-state index contributed by atoms with van der Waals surface area (Å²) in [5.74, 6) is 2.28. The first-order valence-electron chi connectivity index (χ1n) is 9.66. The van der Waals surface area contributed by atoms with Gasteiger partial charge in [0.05, 0.1) is 14.2 Å². The van der Waals surface area contributed by atoms with Crippen molar-refractivity contribution in [3.05, 3.63) is 52.1 Å². The van der Waals surface area contributed by atoms with Gasteiger partial charge in [-0.25, -0.2) is 4.99 Å². The molecular formula is C22H26N4O2S. The molecule has 1 unspecified atom stereocenters. The molecule has 0 aliphatic carbocycles. The summed E-state index contributed by atoms with van der Waals surface area (Å²) in [6.07, 6.45) is 0.526. The molecule has 0 spiro atoms. The van der Waals surface area contributed by atoms with Gasteiger partial charge < -0.3 is 25.0 Å². The molecule has 4 rings (SSSR count). The van der Waals surface area contributed by atoms with Crippen molar-refractivity contribution >= 4 is 28.9 Å². The summed E-state index contributed by atoms with van der Waals surface area (Å²) in [7, 11) is 3.30. The second-order valence-corrected chi connectivity index (χ2v) is 7.88. The van der Waals surface area contributed by atoms with E-state index >= 15 is 0 Å². The predicted octanol–water partition coefficient (Wildman–Crippen LogP) is 3.52. The first-order valence-corrected chi connectivity index (χ1v) is 10.1. The summed E-state index contributed by atoms with van der Waals surface area (Å²) >= 11 is 5.66. The fraction of sp³-hybridized carbons (Fsp3) is 0.364. The maximum Gasteiger partial charge on any atom is 0.198 e. The molecule has 2 heterocycles. The van der Waals surface area contributed by atoms with Crippen molar-refractivity contribution in [3.8, 4) is 11.5 Å². The van der Waals surface area contributed by atoms with Crippen LogP contribution in [0.15, 0.2) is 29.3 Å². The number of hydrogen-bond donors (Lipinski definition) is 2. The van der Waals surface area contributed by atoms with Crippen LogP contribution >= 0.6 is 12.2 Å². The molecule has 1 atom stereocenters. The number of ether oxygens (including phenoxy) is 2. The van der Waals surface area contributed by atoms with E-state index in [1.165, 1.54) is 22.3 Å². The maximum absolute atomic E-state index is 5.66. The molecule has 0 fully saturated rings. The van der Waals surface area contributed by atoms with Crippen LogP contribution in [0.4, 0.5) is 5.69 Å². The Morgan fingerprint density at radius 3 is 2.38 bits per heavy atom. The van der Waals surface area contributed by atoms with Gasteiger partial charge in [-0.1, -0.05) is 17.7 Å². The van der Waals surface area contributed by atoms with Crippen LogP contribution in [0.3, 0.4) is 0 Å². The highest BCUT2D eigenvalue weighted by Crippen LogP contribution is 2.34. The fourth-order valence-corrected chi connectivity index (χ4v) is 4.41. The normalized spacial score (nSPS) is 17.7. The lowest BCUT2D eigenvalue weighted by atomic mass is 9.97. The molecular weight excluding hydrogens is 384 g/mol. The first kappa shape index (κ1) is 19.5. The molecule has 2 aromatic rings. The Bertz CT molecular complexity index is 995. The summed E-state index contributed by atoms with van der Waals surface area (Å²) in [6, 6.07) is 8.37. The highest BCUT2D eigenvalue weighted by Gasteiger charge is 2.32. The van der Waals surface area contributed by atoms with Gasteiger partial charge in [-0.05, 0) is 68.2 Å². The Balaban J connectivity index is 1.74. The van der Waals surface area contributed by atoms with E-state index in [2.05, 4.69) is 48.4 Å². The van der Waals surface area contributed by atoms with E-state index < -0.39 is 0 Å². The second-order valence-electron chi connectivity index (χ2n) is 7.49. The summed E-state index contributed by atoms with van der Waals surface area (Å²) in [5.41, 5.74) is 6.92. The molecule has 0 radical (unpaired) electrons. The number of amidine groups is 1. The molecule has 152 valence electrons. The van der Waals surface area contributed by atoms with Crippen molar-refractivity contribution in [2.45, 2.75) is 33.5 Å². The van der Waals surface area contributed by atoms with Crippen molar-refractivity contribution in [1.82, 2.24) is 10.2 Å². The van der Waals surface area contributed by atoms with Crippen LogP contribution < -0.4 is 20.1 Å². The van der Waals surface area contributed by atoms with Gasteiger partial charge in [0.2, 0.25) is 0 Å². The number of fused-ring (bicyclic) bond motifs is 3. The summed E-state index contributed by atoms with van der Waals surface area (Å²) in [5, 5.41) is 7.52. The maximum atomic E-state index is 5.66. The van der Waals surface area contributed by atoms with Crippen molar-refractivity contribution in [3.63, 3.8) is 0 Å². The van der Waals surface area contributed by atoms with E-state index in [4.69, 9.17) is 26.7 Å². The highest BCUT2D eigenvalue weighted by atomic mass is 32.1. The number of benzene rings is 2. The van der Waals surface area contributed by atoms with Crippen LogP contribution in [-0.2, 0) is 6.42 Å². The monoisotopic (exact) mass is 410 g/mol. The number of nitrogens with zero attached hydrogens (tertiary/aromatic N) is 2. The SMILES string of the molecule is COc1cc2c(cc1OC)C1=NC(Nc3c(C)cc(C)cc3C)NC(=S)N1CC2. The minimum Gasteiger partial charge on any atom is -0.493 e. The van der Waals surface area contributed by atoms with Gasteiger partial charge in [-0.3, -0.25) is 0 Å². The number of thiocarbonyl (C=S) groups is 1. The van der Waals surface area contributed by atoms with Crippen LogP contribution in [0.25, 0.3) is 0 Å². The van der Waals surface area contributed by atoms with Gasteiger partial charge in [0.25, 0.3) is 0 Å². The van der Waals surface area contributed by atoms with Crippen LogP contribution in [0.2, 0.25) is 0 Å². The van der Waals surface area contributed by atoms with Crippen molar-refractivity contribution < 1.29 is 9.47 Å². The van der Waals surface area contributed by atoms with E-state index in [1.54, 1.807) is 14.2 Å². The minimum absolute atomic E-state index is 0.340. The molecule has 2 N–H and O–H groups in total. The van der Waals surface area contributed by atoms with E-state index in [9.17, 15) is 0 Å². The Morgan fingerprint density at radius 1 is 1.07 bits per heavy atom. The minimum atomic E-state index is -0.340. The average Bonchev–Trinajstić information content (AvgIpc) is 2.69. The van der Waals surface area contributed by atoms with E-state index in [-0.39, 0.29) is 6.29 Å². The number of anilines is 1. The second kappa shape index (κ2) is 7.55. The molecule has 0 amide bonds. The predicted molar refractivity (Wildman–Crippen MR) is 120 cm³/mol. The molecule has 29 heavy (non-hydrogen) atoms. The third kappa shape index (κ3) is 3.51. The number of nitrogens with one attached hydrogen (secondary N) is 2. The lowest BCUT2D eigenvalue weighted by molar-refractivity contribution is 0.354. The summed E-state index contributed by atoms with van der Waals surface area (Å²) in [6.45, 7) is 7.10. The van der Waals surface area contributed by atoms with E-state index in [0.717, 1.165) is 35.8 Å². The van der Waals surface area contributed by atoms with Crippen molar-refractivity contribution in [2.24, 2.45) is 4.99 Å². The lowest BCUT2D eigenvalue weighted by Crippen LogP contribution is -2.56. The summed E-state index contributed by atoms with van der Waals surface area (Å²) in [4.78, 5) is 7.02. The summed E-state index contributed by atoms with van der Waals surface area (Å²) < 4.78 is 11.0. The zero-order valence-electron chi connectivity index (χ0n) is 17.4. The number of aliphatic imine (C=N–C) groups is 1. The molecule has 0 saturated carbocycles. The van der Waals surface area contributed by atoms with E-state index in [1.807, 2.05) is 12.1 Å². The smallest absolute Gasteiger partial charge is 0.198 e. The van der Waals surface area contributed by atoms with Gasteiger partial charge >= 0.3 is 0 Å². The van der Waals surface area contributed by atoms with Gasteiger partial charge in [0.15, 0.2) is 22.9 Å². The Morgan fingerprint density at radius 2 is 1.72 bits per heavy atom. The highest BCUT2D eigenvalue weighted by molar-refractivity contribution is 7.80. The van der Waals surface area contributed by atoms with Gasteiger partial charge in [-0.2, -0.15) is 0 Å². The zero-order chi connectivity index (χ0) is 20.7. The standard InChI is InChI=1S/C22H26N4O2S/c1-12-8-13(2)19(14(3)9-12)23-21-24-20-16-11-18(28-5)17(27-4)10-15(16)6-7-26(20)22(29)25-21/h8-11,21,23H,6-7H2,1-5H3,(H,25,29). The average molecular weight is 411 g/mol. The number of methoxy groups -OCH3 is 2. The van der Waals surface area contributed by atoms with Crippen LogP contribution in [0.1, 0.15) is 27.8 Å². The third-order valence-corrected chi connectivity index (χ3v) is 5.76. The Kier molecular flexibility index (Phi) is 5.08. The Hall–Kier alpha value is -2.80. The largest absolute Gasteiger partial charge is 0.493 e. The quantitative estimate of drug-likeness (QED) is 0.753. The van der Waals surface area contributed by atoms with Crippen LogP contribution in [-0.4, -0.2) is 42.9 Å². The first-order chi connectivity index (χ1) is 13.9. The van der Waals surface area contributed by atoms with Gasteiger partial charge in [0.1, 0.15) is 5.84 Å². The Labute approximate surface area is 176 Å². The molecule has 6 nitrogen and oxygen atoms in total. The van der Waals surface area contributed by atoms with Crippen LogP contribution in [0, 0.1) is 20.8 Å². The molecule has 2 aliphatic rings. The third-order valence-electron chi connectivity index (χ3n) is 5.43. The van der Waals surface area contributed by atoms with E-state index in [0.29, 0.717) is 10.9 Å². The molecule has 2 aliphatic heterocycles. The van der Waals surface area contributed by atoms with Crippen LogP contribution in [0.5, 0.6) is 11.5 Å². The number of aryl methyl sites for hydroxylation is 3. The molecule has 0 bridgehead atoms.